The van der Waals surface area contributed by atoms with Gasteiger partial charge in [0.05, 0.1) is 5.92 Å². The lowest BCUT2D eigenvalue weighted by Gasteiger charge is -2.17. The van der Waals surface area contributed by atoms with Crippen LogP contribution in [0.3, 0.4) is 0 Å². The summed E-state index contributed by atoms with van der Waals surface area (Å²) in [4.78, 5) is 37.5. The predicted molar refractivity (Wildman–Crippen MR) is 96.7 cm³/mol. The van der Waals surface area contributed by atoms with Crippen molar-refractivity contribution in [3.63, 3.8) is 0 Å². The van der Waals surface area contributed by atoms with Gasteiger partial charge < -0.3 is 29.9 Å². The van der Waals surface area contributed by atoms with Crippen LogP contribution in [0, 0.1) is 5.92 Å². The molecule has 2 amide bonds. The third-order valence-corrected chi connectivity index (χ3v) is 4.66. The normalized spacial score (nSPS) is 17.6. The zero-order valence-electron chi connectivity index (χ0n) is 14.5. The van der Waals surface area contributed by atoms with Crippen LogP contribution in [0.1, 0.15) is 16.8 Å². The molecular weight excluding hydrogens is 368 g/mol. The molecule has 2 aromatic carbocycles. The quantitative estimate of drug-likeness (QED) is 0.687. The van der Waals surface area contributed by atoms with Crippen LogP contribution in [-0.4, -0.2) is 41.3 Å². The van der Waals surface area contributed by atoms with Gasteiger partial charge in [-0.25, -0.2) is 4.79 Å². The highest BCUT2D eigenvalue weighted by Crippen LogP contribution is 2.37. The summed E-state index contributed by atoms with van der Waals surface area (Å²) >= 11 is 0. The Balaban J connectivity index is 1.47. The monoisotopic (exact) mass is 384 g/mol. The average Bonchev–Trinajstić information content (AvgIpc) is 3.28. The standard InChI is InChI=1S/C19H16N2O7/c22-14-3-1-11(6-13(14)19(25)26)20-18(24)10-5-17(23)21(8-10)12-2-4-15-16(7-12)28-9-27-15/h1-4,6-7,10,22H,5,8-9H2,(H,20,24)(H,25,26). The summed E-state index contributed by atoms with van der Waals surface area (Å²) in [5.74, 6) is -1.75. The van der Waals surface area contributed by atoms with Crippen LogP contribution in [0.2, 0.25) is 0 Å². The number of aromatic hydroxyl groups is 1. The van der Waals surface area contributed by atoms with Gasteiger partial charge in [-0.1, -0.05) is 0 Å². The van der Waals surface area contributed by atoms with Crippen LogP contribution in [0.15, 0.2) is 36.4 Å². The van der Waals surface area contributed by atoms with E-state index in [2.05, 4.69) is 5.32 Å². The Morgan fingerprint density at radius 1 is 1.11 bits per heavy atom. The van der Waals surface area contributed by atoms with Gasteiger partial charge in [-0.2, -0.15) is 0 Å². The Hall–Kier alpha value is -3.75. The number of carbonyl (C=O) groups excluding carboxylic acids is 2. The van der Waals surface area contributed by atoms with Gasteiger partial charge in [0.1, 0.15) is 11.3 Å². The number of rotatable bonds is 4. The third-order valence-electron chi connectivity index (χ3n) is 4.66. The number of carboxylic acid groups (broad SMARTS) is 1. The fourth-order valence-electron chi connectivity index (χ4n) is 3.22. The molecule has 28 heavy (non-hydrogen) atoms. The summed E-state index contributed by atoms with van der Waals surface area (Å²) in [7, 11) is 0. The molecule has 1 fully saturated rings. The van der Waals surface area contributed by atoms with Crippen molar-refractivity contribution in [2.75, 3.05) is 23.6 Å². The summed E-state index contributed by atoms with van der Waals surface area (Å²) in [6.07, 6.45) is 0.0319. The van der Waals surface area contributed by atoms with Crippen molar-refractivity contribution in [3.05, 3.63) is 42.0 Å². The molecule has 1 atom stereocenters. The molecule has 9 nitrogen and oxygen atoms in total. The fourth-order valence-corrected chi connectivity index (χ4v) is 3.22. The zero-order valence-corrected chi connectivity index (χ0v) is 14.5. The maximum absolute atomic E-state index is 12.5. The molecule has 0 aliphatic carbocycles. The molecular formula is C19H16N2O7. The number of nitrogens with zero attached hydrogens (tertiary/aromatic N) is 1. The minimum atomic E-state index is -1.31. The smallest absolute Gasteiger partial charge is 0.339 e. The summed E-state index contributed by atoms with van der Waals surface area (Å²) in [6.45, 7) is 0.316. The molecule has 0 aromatic heterocycles. The van der Waals surface area contributed by atoms with Crippen molar-refractivity contribution in [2.24, 2.45) is 5.92 Å². The van der Waals surface area contributed by atoms with Gasteiger partial charge >= 0.3 is 5.97 Å². The second-order valence-corrected chi connectivity index (χ2v) is 6.47. The number of aromatic carboxylic acids is 1. The minimum Gasteiger partial charge on any atom is -0.507 e. The number of hydrogen-bond donors (Lipinski definition) is 3. The maximum atomic E-state index is 12.5. The van der Waals surface area contributed by atoms with E-state index >= 15 is 0 Å². The first-order valence-electron chi connectivity index (χ1n) is 8.49. The van der Waals surface area contributed by atoms with Gasteiger partial charge in [-0.05, 0) is 30.3 Å². The number of ether oxygens (including phenoxy) is 2. The first-order valence-corrected chi connectivity index (χ1v) is 8.49. The first kappa shape index (κ1) is 17.7. The van der Waals surface area contributed by atoms with Crippen molar-refractivity contribution < 1.29 is 34.1 Å². The number of anilines is 2. The Labute approximate surface area is 159 Å². The van der Waals surface area contributed by atoms with Gasteiger partial charge in [-0.3, -0.25) is 9.59 Å². The van der Waals surface area contributed by atoms with E-state index in [1.807, 2.05) is 0 Å². The Morgan fingerprint density at radius 3 is 2.68 bits per heavy atom. The van der Waals surface area contributed by atoms with Crippen LogP contribution in [0.25, 0.3) is 0 Å². The minimum absolute atomic E-state index is 0.0319. The first-order chi connectivity index (χ1) is 13.4. The number of hydrogen-bond acceptors (Lipinski definition) is 6. The number of amides is 2. The fraction of sp³-hybridized carbons (Fsp3) is 0.211. The molecule has 0 spiro atoms. The molecule has 2 heterocycles. The van der Waals surface area contributed by atoms with E-state index in [9.17, 15) is 19.5 Å². The number of carbonyl (C=O) groups is 3. The molecule has 2 aliphatic heterocycles. The lowest BCUT2D eigenvalue weighted by molar-refractivity contribution is -0.122. The van der Waals surface area contributed by atoms with Gasteiger partial charge in [-0.15, -0.1) is 0 Å². The molecule has 0 bridgehead atoms. The van der Waals surface area contributed by atoms with Crippen LogP contribution in [-0.2, 0) is 9.59 Å². The number of carboxylic acids is 1. The van der Waals surface area contributed by atoms with Crippen molar-refractivity contribution >= 4 is 29.2 Å². The number of fused-ring (bicyclic) bond motifs is 1. The number of phenols is 1. The van der Waals surface area contributed by atoms with E-state index in [0.717, 1.165) is 0 Å². The Kier molecular flexibility index (Phi) is 4.26. The SMILES string of the molecule is O=C(O)c1cc(NC(=O)C2CC(=O)N(c3ccc4c(c3)OCO4)C2)ccc1O. The molecule has 2 aromatic rings. The zero-order chi connectivity index (χ0) is 19.8. The number of benzene rings is 2. The second-order valence-electron chi connectivity index (χ2n) is 6.47. The molecule has 4 rings (SSSR count). The maximum Gasteiger partial charge on any atom is 0.339 e. The van der Waals surface area contributed by atoms with Crippen LogP contribution in [0.5, 0.6) is 17.2 Å². The summed E-state index contributed by atoms with van der Waals surface area (Å²) in [6, 6.07) is 8.89. The molecule has 1 unspecified atom stereocenters. The lowest BCUT2D eigenvalue weighted by Crippen LogP contribution is -2.28. The molecule has 0 saturated carbocycles. The Morgan fingerprint density at radius 2 is 1.89 bits per heavy atom. The summed E-state index contributed by atoms with van der Waals surface area (Å²) in [5.41, 5.74) is 0.527. The largest absolute Gasteiger partial charge is 0.507 e. The number of nitrogens with one attached hydrogen (secondary N) is 1. The Bertz CT molecular complexity index is 988. The van der Waals surface area contributed by atoms with Gasteiger partial charge in [0.2, 0.25) is 18.6 Å². The highest BCUT2D eigenvalue weighted by Gasteiger charge is 2.35. The molecule has 1 saturated heterocycles. The van der Waals surface area contributed by atoms with Crippen molar-refractivity contribution in [2.45, 2.75) is 6.42 Å². The van der Waals surface area contributed by atoms with Gasteiger partial charge in [0.15, 0.2) is 11.5 Å². The third kappa shape index (κ3) is 3.18. The van der Waals surface area contributed by atoms with E-state index in [1.165, 1.54) is 23.1 Å². The van der Waals surface area contributed by atoms with Gasteiger partial charge in [0.25, 0.3) is 0 Å². The van der Waals surface area contributed by atoms with Crippen LogP contribution < -0.4 is 19.7 Å². The highest BCUT2D eigenvalue weighted by atomic mass is 16.7. The van der Waals surface area contributed by atoms with Gasteiger partial charge in [0, 0.05) is 30.4 Å². The summed E-state index contributed by atoms with van der Waals surface area (Å²) < 4.78 is 10.6. The average molecular weight is 384 g/mol. The van der Waals surface area contributed by atoms with E-state index in [1.54, 1.807) is 18.2 Å². The van der Waals surface area contributed by atoms with E-state index < -0.39 is 23.5 Å². The van der Waals surface area contributed by atoms with Crippen molar-refractivity contribution in [1.29, 1.82) is 0 Å². The lowest BCUT2D eigenvalue weighted by atomic mass is 10.1. The van der Waals surface area contributed by atoms with Crippen molar-refractivity contribution in [3.8, 4) is 17.2 Å². The second kappa shape index (κ2) is 6.76. The van der Waals surface area contributed by atoms with E-state index in [0.29, 0.717) is 17.2 Å². The molecule has 9 heteroatoms. The molecule has 2 aliphatic rings. The predicted octanol–water partition coefficient (Wildman–Crippen LogP) is 1.81. The van der Waals surface area contributed by atoms with Crippen LogP contribution in [0.4, 0.5) is 11.4 Å². The highest BCUT2D eigenvalue weighted by molar-refractivity contribution is 6.04. The van der Waals surface area contributed by atoms with Crippen molar-refractivity contribution in [1.82, 2.24) is 0 Å². The summed E-state index contributed by atoms with van der Waals surface area (Å²) in [5, 5.41) is 21.2. The molecule has 0 radical (unpaired) electrons. The van der Waals surface area contributed by atoms with Crippen LogP contribution >= 0.6 is 0 Å². The molecule has 144 valence electrons. The molecule has 3 N–H and O–H groups in total. The topological polar surface area (TPSA) is 125 Å². The van der Waals surface area contributed by atoms with E-state index in [4.69, 9.17) is 14.6 Å². The van der Waals surface area contributed by atoms with E-state index in [-0.39, 0.29) is 36.9 Å².